The Bertz CT molecular complexity index is 674. The van der Waals surface area contributed by atoms with E-state index in [1.54, 1.807) is 18.9 Å². The maximum absolute atomic E-state index is 12.0. The third-order valence-electron chi connectivity index (χ3n) is 3.61. The van der Waals surface area contributed by atoms with E-state index in [9.17, 15) is 4.79 Å². The summed E-state index contributed by atoms with van der Waals surface area (Å²) in [5, 5.41) is 0.0797. The van der Waals surface area contributed by atoms with Crippen LogP contribution in [0.3, 0.4) is 0 Å². The van der Waals surface area contributed by atoms with Crippen LogP contribution in [-0.2, 0) is 9.53 Å². The summed E-state index contributed by atoms with van der Waals surface area (Å²) < 4.78 is 8.24. The fourth-order valence-corrected chi connectivity index (χ4v) is 4.11. The summed E-state index contributed by atoms with van der Waals surface area (Å²) in [6.07, 6.45) is 4.13. The first-order valence-electron chi connectivity index (χ1n) is 7.03. The van der Waals surface area contributed by atoms with Gasteiger partial charge in [0.2, 0.25) is 5.91 Å². The van der Waals surface area contributed by atoms with Crippen molar-refractivity contribution in [3.63, 3.8) is 0 Å². The molecule has 0 bridgehead atoms. The molecule has 6 heteroatoms. The summed E-state index contributed by atoms with van der Waals surface area (Å²) >= 11 is 5.17. The van der Waals surface area contributed by atoms with E-state index in [2.05, 4.69) is 44.9 Å². The van der Waals surface area contributed by atoms with Gasteiger partial charge in [-0.25, -0.2) is 0 Å². The van der Waals surface area contributed by atoms with Gasteiger partial charge in [0.15, 0.2) is 0 Å². The molecule has 4 nitrogen and oxygen atoms in total. The van der Waals surface area contributed by atoms with E-state index in [-0.39, 0.29) is 11.3 Å². The van der Waals surface area contributed by atoms with Crippen LogP contribution in [0.15, 0.2) is 47.2 Å². The molecule has 0 unspecified atom stereocenters. The molecule has 3 rings (SSSR count). The summed E-state index contributed by atoms with van der Waals surface area (Å²) in [5.41, 5.74) is 2.24. The molecule has 1 aromatic carbocycles. The van der Waals surface area contributed by atoms with Gasteiger partial charge < -0.3 is 14.2 Å². The molecule has 0 spiro atoms. The number of thioether (sulfide) groups is 1. The number of benzene rings is 1. The monoisotopic (exact) mass is 380 g/mol. The lowest BCUT2D eigenvalue weighted by molar-refractivity contribution is -0.128. The summed E-state index contributed by atoms with van der Waals surface area (Å²) in [5.74, 6) is 0.721. The lowest BCUT2D eigenvalue weighted by atomic mass is 10.3. The van der Waals surface area contributed by atoms with Gasteiger partial charge in [-0.2, -0.15) is 0 Å². The molecule has 0 radical (unpaired) electrons. The first-order chi connectivity index (χ1) is 10.7. The maximum Gasteiger partial charge on any atom is 0.233 e. The number of nitrogens with zero attached hydrogens (tertiary/aromatic N) is 2. The van der Waals surface area contributed by atoms with Gasteiger partial charge in [-0.05, 0) is 24.3 Å². The second-order valence-corrected chi connectivity index (χ2v) is 7.06. The third-order valence-corrected chi connectivity index (χ3v) is 5.36. The molecule has 22 heavy (non-hydrogen) atoms. The van der Waals surface area contributed by atoms with Crippen molar-refractivity contribution < 1.29 is 9.53 Å². The fraction of sp³-hybridized carbons (Fsp3) is 0.312. The number of amides is 1. The van der Waals surface area contributed by atoms with Crippen molar-refractivity contribution in [2.45, 2.75) is 5.37 Å². The van der Waals surface area contributed by atoms with E-state index < -0.39 is 0 Å². The Labute approximate surface area is 142 Å². The van der Waals surface area contributed by atoms with Crippen LogP contribution in [0.25, 0.3) is 5.69 Å². The van der Waals surface area contributed by atoms with Crippen molar-refractivity contribution in [1.82, 2.24) is 9.47 Å². The summed E-state index contributed by atoms with van der Waals surface area (Å²) in [4.78, 5) is 13.9. The minimum atomic E-state index is 0.0797. The Kier molecular flexibility index (Phi) is 4.90. The minimum Gasteiger partial charge on any atom is -0.383 e. The standard InChI is InChI=1S/C16H17BrN2O2S/c1-21-8-7-19-15(20)11-22-16(19)12-5-6-18(10-12)14-4-2-3-13(17)9-14/h2-6,9-10,16H,7-8,11H2,1H3/t16-/m1/s1. The first kappa shape index (κ1) is 15.6. The molecular formula is C16H17BrN2O2S. The highest BCUT2D eigenvalue weighted by Gasteiger charge is 2.32. The number of hydrogen-bond donors (Lipinski definition) is 0. The van der Waals surface area contributed by atoms with Gasteiger partial charge in [-0.3, -0.25) is 4.79 Å². The number of carbonyl (C=O) groups is 1. The zero-order valence-corrected chi connectivity index (χ0v) is 14.6. The Morgan fingerprint density at radius 1 is 1.41 bits per heavy atom. The Balaban J connectivity index is 1.82. The largest absolute Gasteiger partial charge is 0.383 e. The van der Waals surface area contributed by atoms with Crippen molar-refractivity contribution in [1.29, 1.82) is 0 Å². The molecular weight excluding hydrogens is 364 g/mol. The molecule has 2 heterocycles. The van der Waals surface area contributed by atoms with Gasteiger partial charge in [0, 0.05) is 41.8 Å². The lowest BCUT2D eigenvalue weighted by Gasteiger charge is -2.22. The van der Waals surface area contributed by atoms with Crippen LogP contribution in [-0.4, -0.2) is 41.4 Å². The smallest absolute Gasteiger partial charge is 0.233 e. The van der Waals surface area contributed by atoms with E-state index in [0.29, 0.717) is 18.9 Å². The number of hydrogen-bond acceptors (Lipinski definition) is 3. The summed E-state index contributed by atoms with van der Waals surface area (Å²) in [6.45, 7) is 1.20. The highest BCUT2D eigenvalue weighted by atomic mass is 79.9. The highest BCUT2D eigenvalue weighted by Crippen LogP contribution is 2.38. The lowest BCUT2D eigenvalue weighted by Crippen LogP contribution is -2.31. The normalized spacial score (nSPS) is 18.2. The van der Waals surface area contributed by atoms with Gasteiger partial charge in [0.25, 0.3) is 0 Å². The first-order valence-corrected chi connectivity index (χ1v) is 8.87. The van der Waals surface area contributed by atoms with E-state index in [0.717, 1.165) is 15.7 Å². The van der Waals surface area contributed by atoms with Crippen LogP contribution < -0.4 is 0 Å². The van der Waals surface area contributed by atoms with E-state index in [1.807, 2.05) is 23.2 Å². The topological polar surface area (TPSA) is 34.5 Å². The van der Waals surface area contributed by atoms with Crippen LogP contribution in [0.1, 0.15) is 10.9 Å². The van der Waals surface area contributed by atoms with Crippen LogP contribution in [0.5, 0.6) is 0 Å². The quantitative estimate of drug-likeness (QED) is 0.796. The summed E-state index contributed by atoms with van der Waals surface area (Å²) in [7, 11) is 1.66. The summed E-state index contributed by atoms with van der Waals surface area (Å²) in [6, 6.07) is 10.2. The molecule has 0 saturated carbocycles. The molecule has 1 fully saturated rings. The highest BCUT2D eigenvalue weighted by molar-refractivity contribution is 9.10. The van der Waals surface area contributed by atoms with Crippen molar-refractivity contribution >= 4 is 33.6 Å². The van der Waals surface area contributed by atoms with E-state index in [1.165, 1.54) is 0 Å². The Morgan fingerprint density at radius 2 is 2.27 bits per heavy atom. The fourth-order valence-electron chi connectivity index (χ4n) is 2.52. The zero-order valence-electron chi connectivity index (χ0n) is 12.2. The van der Waals surface area contributed by atoms with E-state index in [4.69, 9.17) is 4.74 Å². The number of methoxy groups -OCH3 is 1. The molecule has 2 aromatic rings. The molecule has 0 aliphatic carbocycles. The van der Waals surface area contributed by atoms with Crippen LogP contribution in [0.4, 0.5) is 0 Å². The molecule has 1 atom stereocenters. The van der Waals surface area contributed by atoms with Gasteiger partial charge >= 0.3 is 0 Å². The number of carbonyl (C=O) groups excluding carboxylic acids is 1. The van der Waals surface area contributed by atoms with E-state index >= 15 is 0 Å². The van der Waals surface area contributed by atoms with Gasteiger partial charge in [0.05, 0.1) is 12.4 Å². The average Bonchev–Trinajstić information content (AvgIpc) is 3.12. The Hall–Kier alpha value is -1.24. The van der Waals surface area contributed by atoms with Gasteiger partial charge in [-0.1, -0.05) is 22.0 Å². The average molecular weight is 381 g/mol. The SMILES string of the molecule is COCCN1C(=O)CS[C@@H]1c1ccn(-c2cccc(Br)c2)c1. The molecule has 1 aliphatic rings. The second-order valence-electron chi connectivity index (χ2n) is 5.08. The van der Waals surface area contributed by atoms with Gasteiger partial charge in [0.1, 0.15) is 5.37 Å². The number of ether oxygens (including phenoxy) is 1. The van der Waals surface area contributed by atoms with Crippen molar-refractivity contribution in [2.75, 3.05) is 26.0 Å². The molecule has 1 aliphatic heterocycles. The maximum atomic E-state index is 12.0. The second kappa shape index (κ2) is 6.89. The molecule has 0 N–H and O–H groups in total. The number of aromatic nitrogens is 1. The van der Waals surface area contributed by atoms with Crippen molar-refractivity contribution in [2.24, 2.45) is 0 Å². The van der Waals surface area contributed by atoms with Gasteiger partial charge in [-0.15, -0.1) is 11.8 Å². The van der Waals surface area contributed by atoms with Crippen LogP contribution >= 0.6 is 27.7 Å². The Morgan fingerprint density at radius 3 is 3.05 bits per heavy atom. The molecule has 1 amide bonds. The zero-order chi connectivity index (χ0) is 15.5. The van der Waals surface area contributed by atoms with Crippen LogP contribution in [0.2, 0.25) is 0 Å². The third kappa shape index (κ3) is 3.24. The minimum absolute atomic E-state index is 0.0797. The predicted octanol–water partition coefficient (Wildman–Crippen LogP) is 3.46. The molecule has 1 saturated heterocycles. The van der Waals surface area contributed by atoms with Crippen LogP contribution in [0, 0.1) is 0 Å². The molecule has 116 valence electrons. The van der Waals surface area contributed by atoms with Crippen molar-refractivity contribution in [3.8, 4) is 5.69 Å². The number of rotatable bonds is 5. The number of halogens is 1. The van der Waals surface area contributed by atoms with Crippen molar-refractivity contribution in [3.05, 3.63) is 52.8 Å². The molecule has 1 aromatic heterocycles. The predicted molar refractivity (Wildman–Crippen MR) is 92.3 cm³/mol.